The van der Waals surface area contributed by atoms with Gasteiger partial charge in [-0.2, -0.15) is 0 Å². The van der Waals surface area contributed by atoms with Crippen LogP contribution in [0.4, 0.5) is 0 Å². The molecule has 0 aliphatic rings. The van der Waals surface area contributed by atoms with E-state index in [1.807, 2.05) is 6.92 Å². The second-order valence-electron chi connectivity index (χ2n) is 2.14. The van der Waals surface area contributed by atoms with E-state index in [1.165, 1.54) is 0 Å². The second-order valence-corrected chi connectivity index (χ2v) is 2.14. The van der Waals surface area contributed by atoms with Gasteiger partial charge in [0.05, 0.1) is 11.8 Å². The lowest BCUT2D eigenvalue weighted by molar-refractivity contribution is 0.101. The molecule has 5 N–H and O–H groups in total. The van der Waals surface area contributed by atoms with Crippen molar-refractivity contribution in [3.05, 3.63) is 0 Å². The fourth-order valence-electron chi connectivity index (χ4n) is 0.295. The van der Waals surface area contributed by atoms with E-state index in [9.17, 15) is 0 Å². The number of aliphatic hydroxyl groups excluding tert-OH is 1. The molecule has 0 aliphatic heterocycles. The van der Waals surface area contributed by atoms with E-state index in [1.54, 1.807) is 6.92 Å². The lowest BCUT2D eigenvalue weighted by Crippen LogP contribution is -2.57. The third-order valence-corrected chi connectivity index (χ3v) is 1.39. The van der Waals surface area contributed by atoms with Crippen molar-refractivity contribution in [3.63, 3.8) is 0 Å². The molecule has 0 aromatic rings. The first-order chi connectivity index (χ1) is 3.50. The van der Waals surface area contributed by atoms with Gasteiger partial charge in [0.15, 0.2) is 0 Å². The molecule has 0 fully saturated rings. The first kappa shape index (κ1) is 7.88. The molecule has 50 valence electrons. The van der Waals surface area contributed by atoms with Crippen molar-refractivity contribution in [2.24, 2.45) is 11.5 Å². The normalized spacial score (nSPS) is 16.1. The van der Waals surface area contributed by atoms with E-state index in [0.29, 0.717) is 6.42 Å². The maximum Gasteiger partial charge on any atom is 0.0898 e. The zero-order chi connectivity index (χ0) is 6.78. The Kier molecular flexibility index (Phi) is 2.40. The molecule has 3 heteroatoms. The van der Waals surface area contributed by atoms with Gasteiger partial charge in [-0.15, -0.1) is 0 Å². The molecule has 0 bridgehead atoms. The number of hydrogen-bond acceptors (Lipinski definition) is 3. The number of rotatable bonds is 2. The average Bonchev–Trinajstić information content (AvgIpc) is 1.67. The van der Waals surface area contributed by atoms with Gasteiger partial charge in [-0.1, -0.05) is 6.92 Å². The zero-order valence-corrected chi connectivity index (χ0v) is 5.39. The molecule has 1 atom stereocenters. The molecule has 0 saturated heterocycles. The summed E-state index contributed by atoms with van der Waals surface area (Å²) in [6, 6.07) is 0. The van der Waals surface area contributed by atoms with Gasteiger partial charge in [0.1, 0.15) is 0 Å². The highest BCUT2D eigenvalue weighted by Crippen LogP contribution is 2.01. The Morgan fingerprint density at radius 2 is 2.00 bits per heavy atom. The van der Waals surface area contributed by atoms with Gasteiger partial charge >= 0.3 is 0 Å². The summed E-state index contributed by atoms with van der Waals surface area (Å²) in [5, 5.41) is 8.83. The Morgan fingerprint density at radius 1 is 1.62 bits per heavy atom. The molecule has 0 amide bonds. The molecule has 0 radical (unpaired) electrons. The fraction of sp³-hybridized carbons (Fsp3) is 1.00. The Hall–Kier alpha value is -0.120. The van der Waals surface area contributed by atoms with E-state index in [2.05, 4.69) is 0 Å². The molecule has 0 saturated carbocycles. The highest BCUT2D eigenvalue weighted by atomic mass is 16.3. The monoisotopic (exact) mass is 118 g/mol. The Morgan fingerprint density at radius 3 is 2.00 bits per heavy atom. The summed E-state index contributed by atoms with van der Waals surface area (Å²) in [5.41, 5.74) is 9.87. The summed E-state index contributed by atoms with van der Waals surface area (Å²) < 4.78 is 0. The van der Waals surface area contributed by atoms with Gasteiger partial charge in [-0.05, 0) is 13.3 Å². The van der Waals surface area contributed by atoms with Crippen molar-refractivity contribution >= 4 is 0 Å². The van der Waals surface area contributed by atoms with Crippen molar-refractivity contribution in [2.75, 3.05) is 0 Å². The SMILES string of the molecule is CCC(N)(N)C(C)O. The maximum absolute atomic E-state index is 8.83. The number of aliphatic hydroxyl groups is 1. The molecule has 3 nitrogen and oxygen atoms in total. The largest absolute Gasteiger partial charge is 0.390 e. The highest BCUT2D eigenvalue weighted by Gasteiger charge is 2.21. The quantitative estimate of drug-likeness (QED) is 0.423. The summed E-state index contributed by atoms with van der Waals surface area (Å²) in [6.45, 7) is 3.43. The summed E-state index contributed by atoms with van der Waals surface area (Å²) >= 11 is 0. The summed E-state index contributed by atoms with van der Waals surface area (Å²) in [4.78, 5) is 0. The minimum atomic E-state index is -0.903. The van der Waals surface area contributed by atoms with Crippen LogP contribution in [0.2, 0.25) is 0 Å². The molecular weight excluding hydrogens is 104 g/mol. The van der Waals surface area contributed by atoms with Gasteiger partial charge < -0.3 is 16.6 Å². The van der Waals surface area contributed by atoms with E-state index >= 15 is 0 Å². The fourth-order valence-corrected chi connectivity index (χ4v) is 0.295. The Labute approximate surface area is 49.7 Å². The predicted molar refractivity (Wildman–Crippen MR) is 33.1 cm³/mol. The molecule has 1 unspecified atom stereocenters. The lowest BCUT2D eigenvalue weighted by atomic mass is 10.0. The first-order valence-electron chi connectivity index (χ1n) is 2.76. The smallest absolute Gasteiger partial charge is 0.0898 e. The van der Waals surface area contributed by atoms with Crippen molar-refractivity contribution in [1.82, 2.24) is 0 Å². The van der Waals surface area contributed by atoms with Gasteiger partial charge in [-0.3, -0.25) is 0 Å². The molecule has 0 aromatic heterocycles. The number of hydrogen-bond donors (Lipinski definition) is 3. The van der Waals surface area contributed by atoms with Crippen LogP contribution in [0.25, 0.3) is 0 Å². The van der Waals surface area contributed by atoms with Crippen molar-refractivity contribution in [1.29, 1.82) is 0 Å². The Bertz CT molecular complexity index is 70.8. The van der Waals surface area contributed by atoms with E-state index < -0.39 is 11.8 Å². The van der Waals surface area contributed by atoms with Gasteiger partial charge in [0, 0.05) is 0 Å². The molecule has 8 heavy (non-hydrogen) atoms. The van der Waals surface area contributed by atoms with Crippen LogP contribution in [0.15, 0.2) is 0 Å². The summed E-state index contributed by atoms with van der Waals surface area (Å²) in [5.74, 6) is 0. The van der Waals surface area contributed by atoms with E-state index in [-0.39, 0.29) is 0 Å². The second kappa shape index (κ2) is 2.44. The third-order valence-electron chi connectivity index (χ3n) is 1.39. The maximum atomic E-state index is 8.83. The first-order valence-corrected chi connectivity index (χ1v) is 2.76. The van der Waals surface area contributed by atoms with E-state index in [4.69, 9.17) is 16.6 Å². The minimum absolute atomic E-state index is 0.588. The van der Waals surface area contributed by atoms with Crippen LogP contribution in [-0.2, 0) is 0 Å². The molecular formula is C5H14N2O. The number of nitrogens with two attached hydrogens (primary N) is 2. The third kappa shape index (κ3) is 1.78. The molecule has 0 heterocycles. The predicted octanol–water partition coefficient (Wildman–Crippen LogP) is -0.609. The van der Waals surface area contributed by atoms with Gasteiger partial charge in [0.2, 0.25) is 0 Å². The van der Waals surface area contributed by atoms with Gasteiger partial charge in [-0.25, -0.2) is 0 Å². The van der Waals surface area contributed by atoms with Crippen LogP contribution >= 0.6 is 0 Å². The van der Waals surface area contributed by atoms with Crippen LogP contribution in [0.5, 0.6) is 0 Å². The van der Waals surface area contributed by atoms with Crippen molar-refractivity contribution in [2.45, 2.75) is 32.0 Å². The van der Waals surface area contributed by atoms with Gasteiger partial charge in [0.25, 0.3) is 0 Å². The Balaban J connectivity index is 3.71. The van der Waals surface area contributed by atoms with Crippen LogP contribution in [0.1, 0.15) is 20.3 Å². The molecule has 0 aliphatic carbocycles. The highest BCUT2D eigenvalue weighted by molar-refractivity contribution is 4.79. The van der Waals surface area contributed by atoms with Crippen LogP contribution in [-0.4, -0.2) is 16.9 Å². The van der Waals surface area contributed by atoms with Crippen LogP contribution < -0.4 is 11.5 Å². The van der Waals surface area contributed by atoms with Crippen LogP contribution in [0, 0.1) is 0 Å². The summed E-state index contributed by atoms with van der Waals surface area (Å²) in [6.07, 6.45) is -0.0440. The van der Waals surface area contributed by atoms with Crippen molar-refractivity contribution in [3.8, 4) is 0 Å². The molecule has 0 aromatic carbocycles. The van der Waals surface area contributed by atoms with Crippen LogP contribution in [0.3, 0.4) is 0 Å². The topological polar surface area (TPSA) is 72.3 Å². The zero-order valence-electron chi connectivity index (χ0n) is 5.39. The molecule has 0 spiro atoms. The minimum Gasteiger partial charge on any atom is -0.390 e. The lowest BCUT2D eigenvalue weighted by Gasteiger charge is -2.25. The van der Waals surface area contributed by atoms with E-state index in [0.717, 1.165) is 0 Å². The summed E-state index contributed by atoms with van der Waals surface area (Å²) in [7, 11) is 0. The molecule has 0 rings (SSSR count). The average molecular weight is 118 g/mol. The van der Waals surface area contributed by atoms with Crippen molar-refractivity contribution < 1.29 is 5.11 Å². The standard InChI is InChI=1S/C5H14N2O/c1-3-5(6,7)4(2)8/h4,8H,3,6-7H2,1-2H3.